The molecule has 1 aromatic rings. The van der Waals surface area contributed by atoms with Crippen molar-refractivity contribution in [2.75, 3.05) is 0 Å². The molecule has 1 aliphatic rings. The fraction of sp³-hybridized carbons (Fsp3) is 0.692. The van der Waals surface area contributed by atoms with Crippen molar-refractivity contribution < 1.29 is 0 Å². The summed E-state index contributed by atoms with van der Waals surface area (Å²) in [5.74, 6) is 0.779. The van der Waals surface area contributed by atoms with Crippen LogP contribution in [0.2, 0.25) is 0 Å². The molecule has 1 fully saturated rings. The Kier molecular flexibility index (Phi) is 3.28. The Morgan fingerprint density at radius 1 is 1.38 bits per heavy atom. The maximum atomic E-state index is 8.86. The van der Waals surface area contributed by atoms with Gasteiger partial charge in [-0.2, -0.15) is 5.26 Å². The minimum absolute atomic E-state index is 0.282. The van der Waals surface area contributed by atoms with Crippen LogP contribution in [0.3, 0.4) is 0 Å². The molecule has 0 aromatic carbocycles. The van der Waals surface area contributed by atoms with E-state index in [2.05, 4.69) is 35.7 Å². The number of hydrogen-bond acceptors (Lipinski definition) is 2. The maximum absolute atomic E-state index is 8.86. The molecule has 0 bridgehead atoms. The van der Waals surface area contributed by atoms with Crippen molar-refractivity contribution in [2.45, 2.75) is 51.5 Å². The van der Waals surface area contributed by atoms with Gasteiger partial charge in [-0.15, -0.1) is 0 Å². The standard InChI is InChI=1S/C13H19N3/c1-10(2)13-8-16(9-15-13)12-5-3-11(7-14)4-6-12/h8-12H,3-6H2,1-2H3. The van der Waals surface area contributed by atoms with Crippen LogP contribution in [0, 0.1) is 17.2 Å². The Balaban J connectivity index is 2.00. The number of aromatic nitrogens is 2. The van der Waals surface area contributed by atoms with Crippen LogP contribution < -0.4 is 0 Å². The van der Waals surface area contributed by atoms with Crippen LogP contribution in [0.25, 0.3) is 0 Å². The molecule has 0 aliphatic heterocycles. The van der Waals surface area contributed by atoms with E-state index in [9.17, 15) is 0 Å². The van der Waals surface area contributed by atoms with Crippen molar-refractivity contribution in [3.63, 3.8) is 0 Å². The van der Waals surface area contributed by atoms with Crippen molar-refractivity contribution in [1.82, 2.24) is 9.55 Å². The first-order chi connectivity index (χ1) is 7.70. The lowest BCUT2D eigenvalue weighted by molar-refractivity contribution is 0.312. The highest BCUT2D eigenvalue weighted by atomic mass is 15.1. The minimum atomic E-state index is 0.282. The zero-order valence-electron chi connectivity index (χ0n) is 10.1. The lowest BCUT2D eigenvalue weighted by Crippen LogP contribution is -2.16. The summed E-state index contributed by atoms with van der Waals surface area (Å²) in [4.78, 5) is 4.43. The SMILES string of the molecule is CC(C)c1cn(C2CCC(C#N)CC2)cn1. The maximum Gasteiger partial charge on any atom is 0.0952 e. The van der Waals surface area contributed by atoms with E-state index in [0.717, 1.165) is 25.7 Å². The monoisotopic (exact) mass is 217 g/mol. The summed E-state index contributed by atoms with van der Waals surface area (Å²) in [5, 5.41) is 8.86. The van der Waals surface area contributed by atoms with Gasteiger partial charge >= 0.3 is 0 Å². The van der Waals surface area contributed by atoms with E-state index in [0.29, 0.717) is 12.0 Å². The van der Waals surface area contributed by atoms with Gasteiger partial charge in [-0.1, -0.05) is 13.8 Å². The van der Waals surface area contributed by atoms with Crippen LogP contribution in [0.5, 0.6) is 0 Å². The number of hydrogen-bond donors (Lipinski definition) is 0. The number of rotatable bonds is 2. The van der Waals surface area contributed by atoms with Crippen LogP contribution in [0.15, 0.2) is 12.5 Å². The molecular weight excluding hydrogens is 198 g/mol. The Bertz CT molecular complexity index is 378. The smallest absolute Gasteiger partial charge is 0.0952 e. The van der Waals surface area contributed by atoms with Crippen molar-refractivity contribution in [3.8, 4) is 6.07 Å². The third-order valence-corrected chi connectivity index (χ3v) is 3.51. The summed E-state index contributed by atoms with van der Waals surface area (Å²) in [5.41, 5.74) is 1.17. The molecule has 0 N–H and O–H groups in total. The Labute approximate surface area is 97.1 Å². The van der Waals surface area contributed by atoms with Crippen molar-refractivity contribution in [3.05, 3.63) is 18.2 Å². The molecule has 1 saturated carbocycles. The quantitative estimate of drug-likeness (QED) is 0.763. The highest BCUT2D eigenvalue weighted by molar-refractivity contribution is 5.03. The average molecular weight is 217 g/mol. The van der Waals surface area contributed by atoms with E-state index < -0.39 is 0 Å². The third-order valence-electron chi connectivity index (χ3n) is 3.51. The lowest BCUT2D eigenvalue weighted by atomic mass is 9.87. The molecule has 0 radical (unpaired) electrons. The van der Waals surface area contributed by atoms with Crippen LogP contribution in [0.4, 0.5) is 0 Å². The van der Waals surface area contributed by atoms with Gasteiger partial charge in [-0.05, 0) is 31.6 Å². The number of nitriles is 1. The van der Waals surface area contributed by atoms with Crippen LogP contribution in [0.1, 0.15) is 57.2 Å². The van der Waals surface area contributed by atoms with Gasteiger partial charge in [0, 0.05) is 18.2 Å². The van der Waals surface area contributed by atoms with Gasteiger partial charge in [-0.3, -0.25) is 0 Å². The van der Waals surface area contributed by atoms with Crippen LogP contribution >= 0.6 is 0 Å². The van der Waals surface area contributed by atoms with Gasteiger partial charge in [0.05, 0.1) is 18.1 Å². The van der Waals surface area contributed by atoms with Crippen molar-refractivity contribution in [1.29, 1.82) is 5.26 Å². The van der Waals surface area contributed by atoms with E-state index in [-0.39, 0.29) is 5.92 Å². The Morgan fingerprint density at radius 2 is 2.06 bits per heavy atom. The highest BCUT2D eigenvalue weighted by Crippen LogP contribution is 2.32. The van der Waals surface area contributed by atoms with Crippen molar-refractivity contribution >= 4 is 0 Å². The van der Waals surface area contributed by atoms with Crippen molar-refractivity contribution in [2.24, 2.45) is 5.92 Å². The molecule has 3 heteroatoms. The number of nitrogens with zero attached hydrogens (tertiary/aromatic N) is 3. The molecule has 0 amide bonds. The molecule has 16 heavy (non-hydrogen) atoms. The molecule has 86 valence electrons. The van der Waals surface area contributed by atoms with E-state index >= 15 is 0 Å². The number of imidazole rings is 1. The third kappa shape index (κ3) is 2.27. The van der Waals surface area contributed by atoms with Gasteiger partial charge in [0.2, 0.25) is 0 Å². The van der Waals surface area contributed by atoms with E-state index in [1.54, 1.807) is 0 Å². The molecule has 1 heterocycles. The minimum Gasteiger partial charge on any atom is -0.334 e. The molecule has 1 aromatic heterocycles. The second-order valence-electron chi connectivity index (χ2n) is 5.03. The summed E-state index contributed by atoms with van der Waals surface area (Å²) < 4.78 is 2.24. The van der Waals surface area contributed by atoms with Gasteiger partial charge in [0.15, 0.2) is 0 Å². The first-order valence-corrected chi connectivity index (χ1v) is 6.13. The molecule has 0 unspecified atom stereocenters. The summed E-state index contributed by atoms with van der Waals surface area (Å²) in [6, 6.07) is 2.93. The fourth-order valence-corrected chi connectivity index (χ4v) is 2.35. The Hall–Kier alpha value is -1.30. The molecule has 1 aliphatic carbocycles. The summed E-state index contributed by atoms with van der Waals surface area (Å²) in [6.45, 7) is 4.33. The molecule has 0 atom stereocenters. The predicted molar refractivity (Wildman–Crippen MR) is 62.9 cm³/mol. The van der Waals surface area contributed by atoms with Gasteiger partial charge < -0.3 is 4.57 Å². The Morgan fingerprint density at radius 3 is 2.56 bits per heavy atom. The molecule has 2 rings (SSSR count). The normalized spacial score (nSPS) is 25.6. The average Bonchev–Trinajstić information content (AvgIpc) is 2.78. The molecule has 0 spiro atoms. The van der Waals surface area contributed by atoms with E-state index in [1.165, 1.54) is 5.69 Å². The zero-order valence-corrected chi connectivity index (χ0v) is 10.1. The summed E-state index contributed by atoms with van der Waals surface area (Å²) in [7, 11) is 0. The van der Waals surface area contributed by atoms with E-state index in [4.69, 9.17) is 5.26 Å². The topological polar surface area (TPSA) is 41.6 Å². The molecule has 0 saturated heterocycles. The molecular formula is C13H19N3. The second kappa shape index (κ2) is 4.69. The first-order valence-electron chi connectivity index (χ1n) is 6.13. The summed E-state index contributed by atoms with van der Waals surface area (Å²) >= 11 is 0. The highest BCUT2D eigenvalue weighted by Gasteiger charge is 2.22. The first kappa shape index (κ1) is 11.2. The second-order valence-corrected chi connectivity index (χ2v) is 5.03. The van der Waals surface area contributed by atoms with Gasteiger partial charge in [-0.25, -0.2) is 4.98 Å². The zero-order chi connectivity index (χ0) is 11.5. The largest absolute Gasteiger partial charge is 0.334 e. The van der Waals surface area contributed by atoms with Gasteiger partial charge in [0.1, 0.15) is 0 Å². The lowest BCUT2D eigenvalue weighted by Gasteiger charge is -2.25. The van der Waals surface area contributed by atoms with Gasteiger partial charge in [0.25, 0.3) is 0 Å². The predicted octanol–water partition coefficient (Wildman–Crippen LogP) is 3.26. The van der Waals surface area contributed by atoms with E-state index in [1.807, 2.05) is 6.33 Å². The fourth-order valence-electron chi connectivity index (χ4n) is 2.35. The summed E-state index contributed by atoms with van der Waals surface area (Å²) in [6.07, 6.45) is 8.43. The van der Waals surface area contributed by atoms with Crippen LogP contribution in [-0.2, 0) is 0 Å². The van der Waals surface area contributed by atoms with Crippen LogP contribution in [-0.4, -0.2) is 9.55 Å². The molecule has 3 nitrogen and oxygen atoms in total.